The number of nitrogens with zero attached hydrogens (tertiary/aromatic N) is 2. The molecule has 2 N–H and O–H groups in total. The van der Waals surface area contributed by atoms with E-state index < -0.39 is 0 Å². The maximum atomic E-state index is 12.1. The number of nitrogens with one attached hydrogen (secondary N) is 2. The number of hydrogen-bond donors (Lipinski definition) is 2. The molecule has 1 aliphatic rings. The van der Waals surface area contributed by atoms with E-state index in [0.717, 1.165) is 31.6 Å². The van der Waals surface area contributed by atoms with Gasteiger partial charge >= 0.3 is 0 Å². The second kappa shape index (κ2) is 7.82. The van der Waals surface area contributed by atoms with Crippen LogP contribution in [0.25, 0.3) is 0 Å². The molecule has 5 heteroatoms. The van der Waals surface area contributed by atoms with E-state index in [9.17, 15) is 4.79 Å². The lowest BCUT2D eigenvalue weighted by Crippen LogP contribution is -2.35. The van der Waals surface area contributed by atoms with Gasteiger partial charge in [-0.05, 0) is 31.4 Å². The van der Waals surface area contributed by atoms with Crippen LogP contribution in [0.4, 0.5) is 5.82 Å². The zero-order valence-corrected chi connectivity index (χ0v) is 12.2. The summed E-state index contributed by atoms with van der Waals surface area (Å²) in [5.74, 6) is 0.615. The van der Waals surface area contributed by atoms with E-state index in [1.54, 1.807) is 6.07 Å². The van der Waals surface area contributed by atoms with Crippen LogP contribution in [0.1, 0.15) is 62.4 Å². The lowest BCUT2D eigenvalue weighted by Gasteiger charge is -2.15. The van der Waals surface area contributed by atoms with Crippen molar-refractivity contribution < 1.29 is 4.79 Å². The van der Waals surface area contributed by atoms with Gasteiger partial charge in [0.25, 0.3) is 5.91 Å². The Morgan fingerprint density at radius 1 is 1.20 bits per heavy atom. The third-order valence-corrected chi connectivity index (χ3v) is 3.64. The molecule has 0 radical (unpaired) electrons. The Bertz CT molecular complexity index is 410. The van der Waals surface area contributed by atoms with Crippen LogP contribution in [0.5, 0.6) is 0 Å². The van der Waals surface area contributed by atoms with Gasteiger partial charge in [-0.3, -0.25) is 4.79 Å². The Kier molecular flexibility index (Phi) is 5.77. The van der Waals surface area contributed by atoms with Gasteiger partial charge in [0.05, 0.1) is 0 Å². The van der Waals surface area contributed by atoms with Crippen molar-refractivity contribution in [2.24, 2.45) is 0 Å². The van der Waals surface area contributed by atoms with Gasteiger partial charge in [-0.1, -0.05) is 32.6 Å². The monoisotopic (exact) mass is 276 g/mol. The predicted octanol–water partition coefficient (Wildman–Crippen LogP) is 2.75. The lowest BCUT2D eigenvalue weighted by atomic mass is 10.1. The van der Waals surface area contributed by atoms with E-state index >= 15 is 0 Å². The van der Waals surface area contributed by atoms with Crippen LogP contribution in [0, 0.1) is 0 Å². The highest BCUT2D eigenvalue weighted by Crippen LogP contribution is 2.17. The van der Waals surface area contributed by atoms with E-state index in [2.05, 4.69) is 27.8 Å². The molecule has 5 nitrogen and oxygen atoms in total. The largest absolute Gasteiger partial charge is 0.369 e. The molecule has 1 fully saturated rings. The minimum absolute atomic E-state index is 0.105. The average molecular weight is 276 g/mol. The molecule has 0 spiro atoms. The van der Waals surface area contributed by atoms with Crippen LogP contribution in [-0.4, -0.2) is 28.7 Å². The summed E-state index contributed by atoms with van der Waals surface area (Å²) in [6.45, 7) is 2.96. The van der Waals surface area contributed by atoms with Crippen molar-refractivity contribution in [1.29, 1.82) is 0 Å². The second-order valence-electron chi connectivity index (χ2n) is 5.39. The summed E-state index contributed by atoms with van der Waals surface area (Å²) >= 11 is 0. The van der Waals surface area contributed by atoms with Gasteiger partial charge in [0, 0.05) is 12.6 Å². The highest BCUT2D eigenvalue weighted by Gasteiger charge is 2.16. The van der Waals surface area contributed by atoms with Crippen molar-refractivity contribution >= 4 is 11.7 Å². The topological polar surface area (TPSA) is 66.9 Å². The summed E-state index contributed by atoms with van der Waals surface area (Å²) < 4.78 is 0. The van der Waals surface area contributed by atoms with Crippen LogP contribution < -0.4 is 10.6 Å². The summed E-state index contributed by atoms with van der Waals surface area (Å²) in [7, 11) is 0. The van der Waals surface area contributed by atoms with Crippen LogP contribution in [0.3, 0.4) is 0 Å². The van der Waals surface area contributed by atoms with Crippen molar-refractivity contribution in [2.45, 2.75) is 57.9 Å². The van der Waals surface area contributed by atoms with E-state index in [1.165, 1.54) is 25.7 Å². The maximum Gasteiger partial charge on any atom is 0.272 e. The summed E-state index contributed by atoms with van der Waals surface area (Å²) in [5.41, 5.74) is 0.399. The molecule has 0 unspecified atom stereocenters. The highest BCUT2D eigenvalue weighted by atomic mass is 16.2. The minimum Gasteiger partial charge on any atom is -0.369 e. The molecule has 110 valence electrons. The maximum absolute atomic E-state index is 12.1. The molecule has 1 amide bonds. The predicted molar refractivity (Wildman–Crippen MR) is 79.8 cm³/mol. The number of aromatic nitrogens is 2. The smallest absolute Gasteiger partial charge is 0.272 e. The molecule has 0 atom stereocenters. The van der Waals surface area contributed by atoms with Crippen molar-refractivity contribution in [2.75, 3.05) is 11.9 Å². The van der Waals surface area contributed by atoms with Crippen LogP contribution in [0.15, 0.2) is 12.1 Å². The molecule has 1 heterocycles. The third-order valence-electron chi connectivity index (χ3n) is 3.64. The average Bonchev–Trinajstić information content (AvgIpc) is 2.74. The van der Waals surface area contributed by atoms with Crippen LogP contribution in [0.2, 0.25) is 0 Å². The summed E-state index contributed by atoms with van der Waals surface area (Å²) in [5, 5.41) is 14.2. The Labute approximate surface area is 120 Å². The first-order valence-corrected chi connectivity index (χ1v) is 7.68. The molecule has 2 rings (SSSR count). The number of anilines is 1. The normalized spacial score (nSPS) is 16.4. The Morgan fingerprint density at radius 2 is 1.95 bits per heavy atom. The van der Waals surface area contributed by atoms with Crippen LogP contribution >= 0.6 is 0 Å². The van der Waals surface area contributed by atoms with Gasteiger partial charge in [0.15, 0.2) is 5.69 Å². The Morgan fingerprint density at radius 3 is 2.55 bits per heavy atom. The second-order valence-corrected chi connectivity index (χ2v) is 5.39. The number of rotatable bonds is 5. The molecule has 1 aromatic heterocycles. The lowest BCUT2D eigenvalue weighted by molar-refractivity contribution is 0.0927. The fourth-order valence-electron chi connectivity index (χ4n) is 2.48. The van der Waals surface area contributed by atoms with Gasteiger partial charge in [-0.25, -0.2) is 0 Å². The summed E-state index contributed by atoms with van der Waals surface area (Å²) in [6.07, 6.45) is 8.16. The molecular weight excluding hydrogens is 252 g/mol. The third kappa shape index (κ3) is 4.47. The van der Waals surface area contributed by atoms with Gasteiger partial charge in [-0.2, -0.15) is 0 Å². The zero-order chi connectivity index (χ0) is 14.2. The molecule has 20 heavy (non-hydrogen) atoms. The van der Waals surface area contributed by atoms with Gasteiger partial charge in [-0.15, -0.1) is 10.2 Å². The number of carbonyl (C=O) groups excluding carboxylic acids is 1. The van der Waals surface area contributed by atoms with Crippen molar-refractivity contribution in [3.8, 4) is 0 Å². The van der Waals surface area contributed by atoms with Crippen molar-refractivity contribution in [3.05, 3.63) is 17.8 Å². The molecule has 0 saturated heterocycles. The van der Waals surface area contributed by atoms with Gasteiger partial charge in [0.2, 0.25) is 0 Å². The van der Waals surface area contributed by atoms with Gasteiger partial charge < -0.3 is 10.6 Å². The Balaban J connectivity index is 1.88. The summed E-state index contributed by atoms with van der Waals surface area (Å²) in [4.78, 5) is 12.1. The van der Waals surface area contributed by atoms with Crippen molar-refractivity contribution in [3.63, 3.8) is 0 Å². The fourth-order valence-corrected chi connectivity index (χ4v) is 2.48. The fraction of sp³-hybridized carbons (Fsp3) is 0.667. The van der Waals surface area contributed by atoms with E-state index in [4.69, 9.17) is 0 Å². The molecule has 0 aromatic carbocycles. The first kappa shape index (κ1) is 14.8. The minimum atomic E-state index is -0.105. The van der Waals surface area contributed by atoms with Crippen molar-refractivity contribution in [1.82, 2.24) is 15.5 Å². The quantitative estimate of drug-likeness (QED) is 0.811. The molecular formula is C15H24N4O. The number of amides is 1. The van der Waals surface area contributed by atoms with Gasteiger partial charge in [0.1, 0.15) is 5.82 Å². The standard InChI is InChI=1S/C15H24N4O/c1-2-11-16-14-10-9-13(18-19-14)15(20)17-12-7-5-3-4-6-8-12/h9-10,12H,2-8,11H2,1H3,(H,16,19)(H,17,20). The highest BCUT2D eigenvalue weighted by molar-refractivity contribution is 5.92. The zero-order valence-electron chi connectivity index (χ0n) is 12.2. The Hall–Kier alpha value is -1.65. The molecule has 1 saturated carbocycles. The first-order valence-electron chi connectivity index (χ1n) is 7.68. The van der Waals surface area contributed by atoms with Crippen LogP contribution in [-0.2, 0) is 0 Å². The van der Waals surface area contributed by atoms with E-state index in [-0.39, 0.29) is 5.91 Å². The van der Waals surface area contributed by atoms with E-state index in [1.807, 2.05) is 6.07 Å². The number of hydrogen-bond acceptors (Lipinski definition) is 4. The SMILES string of the molecule is CCCNc1ccc(C(=O)NC2CCCCCC2)nn1. The summed E-state index contributed by atoms with van der Waals surface area (Å²) in [6, 6.07) is 3.84. The molecule has 1 aliphatic carbocycles. The first-order chi connectivity index (χ1) is 9.79. The molecule has 0 bridgehead atoms. The number of carbonyl (C=O) groups is 1. The molecule has 0 aliphatic heterocycles. The van der Waals surface area contributed by atoms with E-state index in [0.29, 0.717) is 11.7 Å². The molecule has 1 aromatic rings.